The predicted molar refractivity (Wildman–Crippen MR) is 47.8 cm³/mol. The van der Waals surface area contributed by atoms with Gasteiger partial charge in [0.2, 0.25) is 6.79 Å². The monoisotopic (exact) mass is 194 g/mol. The van der Waals surface area contributed by atoms with Crippen LogP contribution in [0.5, 0.6) is 11.5 Å². The molecule has 0 aliphatic carbocycles. The fourth-order valence-electron chi connectivity index (χ4n) is 1.32. The summed E-state index contributed by atoms with van der Waals surface area (Å²) in [5.41, 5.74) is 0.458. The van der Waals surface area contributed by atoms with Crippen LogP contribution < -0.4 is 14.9 Å². The second kappa shape index (κ2) is 3.32. The normalized spacial score (nSPS) is 12.7. The molecule has 1 aromatic carbocycles. The highest BCUT2D eigenvalue weighted by molar-refractivity contribution is 6.60. The zero-order valence-corrected chi connectivity index (χ0v) is 7.14. The molecule has 0 spiro atoms. The third kappa shape index (κ3) is 1.34. The summed E-state index contributed by atoms with van der Waals surface area (Å²) in [4.78, 5) is 10.5. The second-order valence-corrected chi connectivity index (χ2v) is 2.84. The lowest BCUT2D eigenvalue weighted by molar-refractivity contribution is 0.112. The maximum atomic E-state index is 10.5. The van der Waals surface area contributed by atoms with Crippen molar-refractivity contribution in [3.8, 4) is 11.5 Å². The van der Waals surface area contributed by atoms with Gasteiger partial charge in [0.25, 0.3) is 0 Å². The van der Waals surface area contributed by atoms with Crippen LogP contribution in [0.25, 0.3) is 0 Å². The molecule has 1 aromatic rings. The van der Waals surface area contributed by atoms with Crippen molar-refractivity contribution >= 4 is 18.9 Å². The van der Waals surface area contributed by atoms with Gasteiger partial charge in [-0.25, -0.2) is 0 Å². The fraction of sp³-hybridized carbons (Fsp3) is 0.125. The third-order valence-corrected chi connectivity index (χ3v) is 1.94. The molecule has 1 aliphatic heterocycles. The summed E-state index contributed by atoms with van der Waals surface area (Å²) in [5, 5.41) is 18.0. The number of aldehydes is 1. The smallest absolute Gasteiger partial charge is 0.454 e. The van der Waals surface area contributed by atoms with Gasteiger partial charge in [0.05, 0.1) is 0 Å². The van der Waals surface area contributed by atoms with E-state index in [-0.39, 0.29) is 18.0 Å². The first-order valence-corrected chi connectivity index (χ1v) is 3.97. The molecule has 0 bridgehead atoms. The van der Waals surface area contributed by atoms with Gasteiger partial charge >= 0.3 is 7.12 Å². The maximum Gasteiger partial charge on any atom is 0.492 e. The van der Waals surface area contributed by atoms with E-state index in [1.54, 1.807) is 0 Å². The maximum absolute atomic E-state index is 10.5. The summed E-state index contributed by atoms with van der Waals surface area (Å²) in [6.45, 7) is 0.0252. The van der Waals surface area contributed by atoms with Crippen LogP contribution in [0.15, 0.2) is 12.1 Å². The number of benzene rings is 1. The molecule has 2 N–H and O–H groups in total. The van der Waals surface area contributed by atoms with Crippen LogP contribution in [0, 0.1) is 0 Å². The molecule has 72 valence electrons. The van der Waals surface area contributed by atoms with Crippen molar-refractivity contribution in [2.75, 3.05) is 6.79 Å². The predicted octanol–water partition coefficient (Wildman–Crippen LogP) is -1.09. The van der Waals surface area contributed by atoms with E-state index >= 15 is 0 Å². The van der Waals surface area contributed by atoms with Crippen molar-refractivity contribution in [3.05, 3.63) is 17.7 Å². The van der Waals surface area contributed by atoms with E-state index in [4.69, 9.17) is 19.5 Å². The molecule has 0 saturated carbocycles. The minimum atomic E-state index is -1.68. The number of hydrogen-bond acceptors (Lipinski definition) is 5. The molecule has 6 heteroatoms. The molecule has 0 saturated heterocycles. The summed E-state index contributed by atoms with van der Waals surface area (Å²) in [6, 6.07) is 2.84. The van der Waals surface area contributed by atoms with Crippen molar-refractivity contribution in [1.29, 1.82) is 0 Å². The molecular weight excluding hydrogens is 187 g/mol. The standard InChI is InChI=1S/C8H7BO5/c10-3-5-1-6(9(11)12)8-7(2-5)13-4-14-8/h1-3,11-12H,4H2. The molecule has 5 nitrogen and oxygen atoms in total. The highest BCUT2D eigenvalue weighted by Crippen LogP contribution is 2.30. The Morgan fingerprint density at radius 1 is 1.36 bits per heavy atom. The number of carbonyl (C=O) groups is 1. The molecule has 14 heavy (non-hydrogen) atoms. The van der Waals surface area contributed by atoms with Gasteiger partial charge in [-0.1, -0.05) is 0 Å². The number of fused-ring (bicyclic) bond motifs is 1. The Bertz CT molecular complexity index is 376. The minimum absolute atomic E-state index is 0.0252. The van der Waals surface area contributed by atoms with Crippen molar-refractivity contribution in [1.82, 2.24) is 0 Å². The quantitative estimate of drug-likeness (QED) is 0.462. The van der Waals surface area contributed by atoms with Gasteiger partial charge in [-0.05, 0) is 12.1 Å². The summed E-state index contributed by atoms with van der Waals surface area (Å²) in [7, 11) is -1.68. The van der Waals surface area contributed by atoms with Crippen LogP contribution in [-0.4, -0.2) is 30.2 Å². The van der Waals surface area contributed by atoms with E-state index in [0.29, 0.717) is 17.6 Å². The first kappa shape index (κ1) is 9.05. The number of carbonyl (C=O) groups excluding carboxylic acids is 1. The number of hydrogen-bond donors (Lipinski definition) is 2. The van der Waals surface area contributed by atoms with Gasteiger partial charge in [-0.15, -0.1) is 0 Å². The van der Waals surface area contributed by atoms with Gasteiger partial charge in [0.1, 0.15) is 6.29 Å². The average molecular weight is 194 g/mol. The molecule has 0 unspecified atom stereocenters. The SMILES string of the molecule is O=Cc1cc2c(c(B(O)O)c1)OCO2. The molecule has 0 amide bonds. The highest BCUT2D eigenvalue weighted by atomic mass is 16.7. The Kier molecular flexibility index (Phi) is 2.15. The molecule has 0 fully saturated rings. The van der Waals surface area contributed by atoms with Crippen molar-refractivity contribution in [2.24, 2.45) is 0 Å². The number of rotatable bonds is 2. The summed E-state index contributed by atoms with van der Waals surface area (Å²) < 4.78 is 10.1. The van der Waals surface area contributed by atoms with Crippen LogP contribution in [0.4, 0.5) is 0 Å². The molecule has 2 rings (SSSR count). The van der Waals surface area contributed by atoms with Gasteiger partial charge in [0, 0.05) is 11.0 Å². The minimum Gasteiger partial charge on any atom is -0.454 e. The van der Waals surface area contributed by atoms with Gasteiger partial charge < -0.3 is 19.5 Å². The first-order valence-electron chi connectivity index (χ1n) is 3.97. The second-order valence-electron chi connectivity index (χ2n) is 2.84. The van der Waals surface area contributed by atoms with E-state index in [9.17, 15) is 4.79 Å². The Balaban J connectivity index is 2.57. The van der Waals surface area contributed by atoms with Crippen molar-refractivity contribution < 1.29 is 24.3 Å². The van der Waals surface area contributed by atoms with E-state index < -0.39 is 7.12 Å². The molecular formula is C8H7BO5. The summed E-state index contributed by atoms with van der Waals surface area (Å²) in [5.74, 6) is 0.642. The Morgan fingerprint density at radius 3 is 2.79 bits per heavy atom. The van der Waals surface area contributed by atoms with Gasteiger partial charge in [-0.2, -0.15) is 0 Å². The lowest BCUT2D eigenvalue weighted by Gasteiger charge is -2.04. The zero-order chi connectivity index (χ0) is 10.1. The Morgan fingerprint density at radius 2 is 2.14 bits per heavy atom. The Labute approximate surface area is 80.0 Å². The third-order valence-electron chi connectivity index (χ3n) is 1.94. The Hall–Kier alpha value is -1.53. The van der Waals surface area contributed by atoms with E-state index in [1.165, 1.54) is 12.1 Å². The number of ether oxygens (including phenoxy) is 2. The van der Waals surface area contributed by atoms with Crippen LogP contribution in [0.2, 0.25) is 0 Å². The average Bonchev–Trinajstić information content (AvgIpc) is 2.63. The van der Waals surface area contributed by atoms with Crippen molar-refractivity contribution in [2.45, 2.75) is 0 Å². The molecule has 1 heterocycles. The van der Waals surface area contributed by atoms with Gasteiger partial charge in [-0.3, -0.25) is 4.79 Å². The fourth-order valence-corrected chi connectivity index (χ4v) is 1.32. The molecule has 1 aliphatic rings. The molecule has 0 radical (unpaired) electrons. The van der Waals surface area contributed by atoms with E-state index in [0.717, 1.165) is 0 Å². The first-order chi connectivity index (χ1) is 6.72. The van der Waals surface area contributed by atoms with Gasteiger partial charge in [0.15, 0.2) is 11.5 Å². The van der Waals surface area contributed by atoms with E-state index in [1.807, 2.05) is 0 Å². The van der Waals surface area contributed by atoms with E-state index in [2.05, 4.69) is 0 Å². The highest BCUT2D eigenvalue weighted by Gasteiger charge is 2.25. The summed E-state index contributed by atoms with van der Waals surface area (Å²) >= 11 is 0. The van der Waals surface area contributed by atoms with Crippen LogP contribution in [-0.2, 0) is 0 Å². The van der Waals surface area contributed by atoms with Crippen LogP contribution >= 0.6 is 0 Å². The van der Waals surface area contributed by atoms with Crippen LogP contribution in [0.3, 0.4) is 0 Å². The molecule has 0 aromatic heterocycles. The topological polar surface area (TPSA) is 76.0 Å². The lowest BCUT2D eigenvalue weighted by Crippen LogP contribution is -2.31. The lowest BCUT2D eigenvalue weighted by atomic mass is 9.78. The van der Waals surface area contributed by atoms with Crippen LogP contribution in [0.1, 0.15) is 10.4 Å². The summed E-state index contributed by atoms with van der Waals surface area (Å²) in [6.07, 6.45) is 0.605. The van der Waals surface area contributed by atoms with Crippen molar-refractivity contribution in [3.63, 3.8) is 0 Å². The zero-order valence-electron chi connectivity index (χ0n) is 7.14. The molecule has 0 atom stereocenters. The largest absolute Gasteiger partial charge is 0.492 e.